The van der Waals surface area contributed by atoms with Gasteiger partial charge in [0.15, 0.2) is 0 Å². The Morgan fingerprint density at radius 3 is 2.93 bits per heavy atom. The summed E-state index contributed by atoms with van der Waals surface area (Å²) in [4.78, 5) is 2.34. The Kier molecular flexibility index (Phi) is 2.89. The average molecular weight is 225 g/mol. The van der Waals surface area contributed by atoms with Crippen LogP contribution in [0.3, 0.4) is 0 Å². The first-order valence-corrected chi connectivity index (χ1v) is 5.82. The number of nitrogens with two attached hydrogens (primary N) is 1. The van der Waals surface area contributed by atoms with Crippen LogP contribution in [0.15, 0.2) is 18.2 Å². The van der Waals surface area contributed by atoms with Crippen LogP contribution in [0.2, 0.25) is 5.02 Å². The molecule has 0 saturated carbocycles. The highest BCUT2D eigenvalue weighted by atomic mass is 35.5. The molecule has 0 saturated heterocycles. The van der Waals surface area contributed by atoms with Gasteiger partial charge in [0.05, 0.1) is 0 Å². The second kappa shape index (κ2) is 4.03. The lowest BCUT2D eigenvalue weighted by Crippen LogP contribution is -2.30. The third-order valence-corrected chi connectivity index (χ3v) is 3.50. The lowest BCUT2D eigenvalue weighted by molar-refractivity contribution is 0.587. The normalized spacial score (nSPS) is 21.6. The smallest absolute Gasteiger partial charge is 0.0462 e. The van der Waals surface area contributed by atoms with Crippen molar-refractivity contribution < 1.29 is 0 Å². The number of halogens is 1. The van der Waals surface area contributed by atoms with Crippen LogP contribution in [-0.2, 0) is 0 Å². The summed E-state index contributed by atoms with van der Waals surface area (Å²) in [5, 5.41) is 0.853. The molecule has 0 spiro atoms. The Morgan fingerprint density at radius 1 is 1.60 bits per heavy atom. The van der Waals surface area contributed by atoms with Crippen molar-refractivity contribution in [3.05, 3.63) is 28.8 Å². The van der Waals surface area contributed by atoms with Crippen molar-refractivity contribution in [2.45, 2.75) is 25.8 Å². The maximum atomic E-state index is 6.25. The average Bonchev–Trinajstić information content (AvgIpc) is 2.58. The molecule has 2 atom stereocenters. The van der Waals surface area contributed by atoms with Crippen molar-refractivity contribution in [2.75, 3.05) is 18.0 Å². The topological polar surface area (TPSA) is 29.3 Å². The van der Waals surface area contributed by atoms with Crippen LogP contribution in [0.4, 0.5) is 5.69 Å². The zero-order chi connectivity index (χ0) is 11.0. The molecule has 0 aliphatic carbocycles. The molecule has 1 aliphatic rings. The van der Waals surface area contributed by atoms with E-state index in [1.165, 1.54) is 11.3 Å². The van der Waals surface area contributed by atoms with Crippen molar-refractivity contribution in [1.29, 1.82) is 0 Å². The van der Waals surface area contributed by atoms with Crippen LogP contribution in [0, 0.1) is 0 Å². The van der Waals surface area contributed by atoms with Gasteiger partial charge in [-0.05, 0) is 26.0 Å². The third-order valence-electron chi connectivity index (χ3n) is 3.17. The zero-order valence-electron chi connectivity index (χ0n) is 9.20. The number of anilines is 1. The molecular formula is C12H17ClN2. The van der Waals surface area contributed by atoms with Crippen molar-refractivity contribution >= 4 is 17.3 Å². The number of hydrogen-bond acceptors (Lipinski definition) is 2. The number of fused-ring (bicyclic) bond motifs is 1. The molecule has 82 valence electrons. The summed E-state index contributed by atoms with van der Waals surface area (Å²) in [7, 11) is 0. The van der Waals surface area contributed by atoms with E-state index in [-0.39, 0.29) is 6.04 Å². The fourth-order valence-electron chi connectivity index (χ4n) is 2.32. The van der Waals surface area contributed by atoms with E-state index in [1.54, 1.807) is 0 Å². The molecule has 0 fully saturated rings. The van der Waals surface area contributed by atoms with Crippen molar-refractivity contribution in [1.82, 2.24) is 0 Å². The monoisotopic (exact) mass is 224 g/mol. The lowest BCUT2D eigenvalue weighted by atomic mass is 9.95. The van der Waals surface area contributed by atoms with Gasteiger partial charge in [-0.2, -0.15) is 0 Å². The van der Waals surface area contributed by atoms with Crippen molar-refractivity contribution in [2.24, 2.45) is 5.73 Å². The van der Waals surface area contributed by atoms with Crippen LogP contribution >= 0.6 is 11.6 Å². The van der Waals surface area contributed by atoms with E-state index >= 15 is 0 Å². The molecule has 2 unspecified atom stereocenters. The third kappa shape index (κ3) is 1.72. The van der Waals surface area contributed by atoms with Gasteiger partial charge < -0.3 is 10.6 Å². The number of benzene rings is 1. The molecule has 0 bridgehead atoms. The summed E-state index contributed by atoms with van der Waals surface area (Å²) in [6.07, 6.45) is 0. The van der Waals surface area contributed by atoms with Crippen molar-refractivity contribution in [3.63, 3.8) is 0 Å². The first kappa shape index (κ1) is 10.8. The van der Waals surface area contributed by atoms with Crippen LogP contribution < -0.4 is 10.6 Å². The Morgan fingerprint density at radius 2 is 2.33 bits per heavy atom. The number of rotatable bonds is 2. The minimum Gasteiger partial charge on any atom is -0.371 e. The van der Waals surface area contributed by atoms with Crippen LogP contribution in [-0.4, -0.2) is 19.1 Å². The highest BCUT2D eigenvalue weighted by Gasteiger charge is 2.31. The van der Waals surface area contributed by atoms with Crippen LogP contribution in [0.25, 0.3) is 0 Å². The Bertz CT molecular complexity index is 363. The second-order valence-corrected chi connectivity index (χ2v) is 4.58. The Hall–Kier alpha value is -0.730. The Balaban J connectivity index is 2.48. The second-order valence-electron chi connectivity index (χ2n) is 4.18. The summed E-state index contributed by atoms with van der Waals surface area (Å²) < 4.78 is 0. The van der Waals surface area contributed by atoms with E-state index < -0.39 is 0 Å². The quantitative estimate of drug-likeness (QED) is 0.837. The van der Waals surface area contributed by atoms with Crippen LogP contribution in [0.5, 0.6) is 0 Å². The molecule has 15 heavy (non-hydrogen) atoms. The molecule has 1 heterocycles. The van der Waals surface area contributed by atoms with Gasteiger partial charge in [-0.3, -0.25) is 0 Å². The van der Waals surface area contributed by atoms with E-state index in [4.69, 9.17) is 17.3 Å². The van der Waals surface area contributed by atoms with Gasteiger partial charge in [-0.1, -0.05) is 17.7 Å². The number of nitrogens with zero attached hydrogens (tertiary/aromatic N) is 1. The first-order valence-electron chi connectivity index (χ1n) is 5.44. The molecule has 2 rings (SSSR count). The maximum Gasteiger partial charge on any atom is 0.0462 e. The fraction of sp³-hybridized carbons (Fsp3) is 0.500. The van der Waals surface area contributed by atoms with Gasteiger partial charge in [0.2, 0.25) is 0 Å². The van der Waals surface area contributed by atoms with Gasteiger partial charge in [-0.15, -0.1) is 0 Å². The predicted molar refractivity (Wildman–Crippen MR) is 65.7 cm³/mol. The standard InChI is InChI=1S/C12H17ClN2/c1-3-15-7-9(8(2)14)12-10(13)5-4-6-11(12)15/h4-6,8-9H,3,7,14H2,1-2H3. The van der Waals surface area contributed by atoms with Gasteiger partial charge in [0.1, 0.15) is 0 Å². The van der Waals surface area contributed by atoms with Crippen molar-refractivity contribution in [3.8, 4) is 0 Å². The van der Waals surface area contributed by atoms with E-state index in [2.05, 4.69) is 24.8 Å². The van der Waals surface area contributed by atoms with Gasteiger partial charge in [0, 0.05) is 41.3 Å². The predicted octanol–water partition coefficient (Wildman–Crippen LogP) is 2.61. The number of likely N-dealkylation sites (N-methyl/N-ethyl adjacent to an activating group) is 1. The summed E-state index contributed by atoms with van der Waals surface area (Å²) >= 11 is 6.25. The molecule has 3 heteroatoms. The Labute approximate surface area is 96.0 Å². The van der Waals surface area contributed by atoms with Gasteiger partial charge in [-0.25, -0.2) is 0 Å². The molecule has 0 amide bonds. The minimum absolute atomic E-state index is 0.153. The summed E-state index contributed by atoms with van der Waals surface area (Å²) in [6, 6.07) is 6.25. The maximum absolute atomic E-state index is 6.25. The van der Waals surface area contributed by atoms with E-state index in [0.29, 0.717) is 5.92 Å². The lowest BCUT2D eigenvalue weighted by Gasteiger charge is -2.18. The molecule has 0 aromatic heterocycles. The van der Waals surface area contributed by atoms with Gasteiger partial charge >= 0.3 is 0 Å². The molecular weight excluding hydrogens is 208 g/mol. The summed E-state index contributed by atoms with van der Waals surface area (Å²) in [5.41, 5.74) is 8.50. The first-order chi connectivity index (χ1) is 7.15. The highest BCUT2D eigenvalue weighted by molar-refractivity contribution is 6.32. The molecule has 2 N–H and O–H groups in total. The molecule has 2 nitrogen and oxygen atoms in total. The van der Waals surface area contributed by atoms with E-state index in [1.807, 2.05) is 12.1 Å². The van der Waals surface area contributed by atoms with Crippen LogP contribution in [0.1, 0.15) is 25.3 Å². The van der Waals surface area contributed by atoms with E-state index in [9.17, 15) is 0 Å². The van der Waals surface area contributed by atoms with E-state index in [0.717, 1.165) is 18.1 Å². The van der Waals surface area contributed by atoms with Gasteiger partial charge in [0.25, 0.3) is 0 Å². The molecule has 1 aliphatic heterocycles. The summed E-state index contributed by atoms with van der Waals surface area (Å²) in [5.74, 6) is 0.369. The number of hydrogen-bond donors (Lipinski definition) is 1. The summed E-state index contributed by atoms with van der Waals surface area (Å²) in [6.45, 7) is 6.22. The molecule has 1 aromatic carbocycles. The largest absolute Gasteiger partial charge is 0.371 e. The molecule has 1 aromatic rings. The SMILES string of the molecule is CCN1CC(C(C)N)c2c(Cl)cccc21. The highest BCUT2D eigenvalue weighted by Crippen LogP contribution is 2.41. The minimum atomic E-state index is 0.153. The fourth-order valence-corrected chi connectivity index (χ4v) is 2.63. The molecule has 0 radical (unpaired) electrons. The zero-order valence-corrected chi connectivity index (χ0v) is 9.96.